The van der Waals surface area contributed by atoms with Crippen LogP contribution in [0.5, 0.6) is 0 Å². The number of rotatable bonds is 4. The quantitative estimate of drug-likeness (QED) is 0.509. The van der Waals surface area contributed by atoms with Crippen LogP contribution in [0.4, 0.5) is 0 Å². The second-order valence-electron chi connectivity index (χ2n) is 1.35. The van der Waals surface area contributed by atoms with Crippen molar-refractivity contribution in [3.05, 3.63) is 0 Å². The maximum absolute atomic E-state index is 9.59. The van der Waals surface area contributed by atoms with E-state index in [2.05, 4.69) is 5.32 Å². The fourth-order valence-electron chi connectivity index (χ4n) is 0.267. The molecular formula is C4H5NO4Sn. The third kappa shape index (κ3) is 10.6. The smallest absolute Gasteiger partial charge is 0.549 e. The van der Waals surface area contributed by atoms with Crippen LogP contribution in [0.15, 0.2) is 0 Å². The number of nitrogens with one attached hydrogen (secondary N) is 1. The molecule has 0 saturated heterocycles. The van der Waals surface area contributed by atoms with Gasteiger partial charge in [-0.25, -0.2) is 0 Å². The number of carboxylic acid groups (broad SMARTS) is 2. The number of carbonyl (C=O) groups is 2. The number of carboxylic acids is 2. The summed E-state index contributed by atoms with van der Waals surface area (Å²) < 4.78 is 0. The normalized spacial score (nSPS) is 8.00. The van der Waals surface area contributed by atoms with E-state index in [0.717, 1.165) is 0 Å². The van der Waals surface area contributed by atoms with Gasteiger partial charge in [0.1, 0.15) is 0 Å². The average molecular weight is 250 g/mol. The van der Waals surface area contributed by atoms with Gasteiger partial charge >= 0.3 is 23.9 Å². The molecule has 0 aliphatic carbocycles. The third-order valence-electron chi connectivity index (χ3n) is 0.539. The van der Waals surface area contributed by atoms with Crippen molar-refractivity contribution in [1.82, 2.24) is 5.32 Å². The van der Waals surface area contributed by atoms with Crippen molar-refractivity contribution < 1.29 is 19.8 Å². The van der Waals surface area contributed by atoms with E-state index in [1.807, 2.05) is 0 Å². The number of hydrogen-bond donors (Lipinski definition) is 1. The van der Waals surface area contributed by atoms with Crippen LogP contribution in [0.2, 0.25) is 0 Å². The second-order valence-corrected chi connectivity index (χ2v) is 1.35. The Bertz CT molecular complexity index is 112. The van der Waals surface area contributed by atoms with E-state index in [9.17, 15) is 19.8 Å². The zero-order chi connectivity index (χ0) is 7.28. The summed E-state index contributed by atoms with van der Waals surface area (Å²) >= 11 is 0. The Balaban J connectivity index is 0. The SMILES string of the molecule is O=C([O-])CNCC(=O)[O-].[Sn+2]. The van der Waals surface area contributed by atoms with E-state index in [-0.39, 0.29) is 23.9 Å². The number of hydrogen-bond acceptors (Lipinski definition) is 5. The Morgan fingerprint density at radius 1 is 1.10 bits per heavy atom. The standard InChI is InChI=1S/C4H7NO4.Sn/c6-3(7)1-5-2-4(8)9;/h5H,1-2H2,(H,6,7)(H,8,9);/q;+2/p-2. The molecule has 2 radical (unpaired) electrons. The van der Waals surface area contributed by atoms with Crippen molar-refractivity contribution in [2.45, 2.75) is 0 Å². The van der Waals surface area contributed by atoms with Crippen molar-refractivity contribution in [1.29, 1.82) is 0 Å². The van der Waals surface area contributed by atoms with Crippen LogP contribution in [-0.2, 0) is 9.59 Å². The van der Waals surface area contributed by atoms with Crippen molar-refractivity contribution in [3.8, 4) is 0 Å². The van der Waals surface area contributed by atoms with Crippen LogP contribution in [0, 0.1) is 0 Å². The maximum atomic E-state index is 9.59. The van der Waals surface area contributed by atoms with Gasteiger partial charge in [0.25, 0.3) is 0 Å². The van der Waals surface area contributed by atoms with Gasteiger partial charge in [0.05, 0.1) is 11.9 Å². The Labute approximate surface area is 74.4 Å². The molecular weight excluding hydrogens is 245 g/mol. The van der Waals surface area contributed by atoms with Crippen LogP contribution in [-0.4, -0.2) is 48.9 Å². The fraction of sp³-hybridized carbons (Fsp3) is 0.500. The molecule has 54 valence electrons. The van der Waals surface area contributed by atoms with E-state index in [4.69, 9.17) is 0 Å². The van der Waals surface area contributed by atoms with E-state index >= 15 is 0 Å². The summed E-state index contributed by atoms with van der Waals surface area (Å²) in [6.07, 6.45) is 0. The van der Waals surface area contributed by atoms with E-state index in [1.54, 1.807) is 0 Å². The largest absolute Gasteiger partial charge is 2.00 e. The molecule has 0 bridgehead atoms. The van der Waals surface area contributed by atoms with Gasteiger partial charge in [-0.1, -0.05) is 0 Å². The van der Waals surface area contributed by atoms with Gasteiger partial charge in [-0.05, 0) is 0 Å². The van der Waals surface area contributed by atoms with Gasteiger partial charge in [0, 0.05) is 13.1 Å². The fourth-order valence-corrected chi connectivity index (χ4v) is 0.267. The van der Waals surface area contributed by atoms with E-state index in [0.29, 0.717) is 0 Å². The van der Waals surface area contributed by atoms with Gasteiger partial charge in [-0.2, -0.15) is 0 Å². The molecule has 0 rings (SSSR count). The van der Waals surface area contributed by atoms with Crippen molar-refractivity contribution in [2.24, 2.45) is 0 Å². The predicted octanol–water partition coefficient (Wildman–Crippen LogP) is -4.30. The summed E-state index contributed by atoms with van der Waals surface area (Å²) in [6.45, 7) is -0.929. The molecule has 0 aromatic rings. The number of carbonyl (C=O) groups excluding carboxylic acids is 2. The zero-order valence-corrected chi connectivity index (χ0v) is 7.90. The monoisotopic (exact) mass is 251 g/mol. The molecule has 0 spiro atoms. The van der Waals surface area contributed by atoms with E-state index < -0.39 is 25.0 Å². The molecule has 0 aromatic carbocycles. The summed E-state index contributed by atoms with van der Waals surface area (Å²) in [4.78, 5) is 19.2. The molecule has 0 atom stereocenters. The second kappa shape index (κ2) is 6.81. The molecule has 10 heavy (non-hydrogen) atoms. The Morgan fingerprint density at radius 3 is 1.60 bits per heavy atom. The average Bonchev–Trinajstić information content (AvgIpc) is 1.63. The predicted molar refractivity (Wildman–Crippen MR) is 28.6 cm³/mol. The van der Waals surface area contributed by atoms with Crippen LogP contribution in [0.3, 0.4) is 0 Å². The van der Waals surface area contributed by atoms with Crippen LogP contribution in [0.1, 0.15) is 0 Å². The molecule has 0 heterocycles. The van der Waals surface area contributed by atoms with Crippen LogP contribution in [0.25, 0.3) is 0 Å². The minimum absolute atomic E-state index is 0. The summed E-state index contributed by atoms with van der Waals surface area (Å²) in [7, 11) is 0. The van der Waals surface area contributed by atoms with Gasteiger partial charge < -0.3 is 25.1 Å². The molecule has 0 aromatic heterocycles. The van der Waals surface area contributed by atoms with Crippen molar-refractivity contribution >= 4 is 35.8 Å². The van der Waals surface area contributed by atoms with Gasteiger partial charge in [-0.3, -0.25) is 0 Å². The Kier molecular flexibility index (Phi) is 8.44. The van der Waals surface area contributed by atoms with Gasteiger partial charge in [-0.15, -0.1) is 0 Å². The summed E-state index contributed by atoms with van der Waals surface area (Å²) in [6, 6.07) is 0. The molecule has 0 unspecified atom stereocenters. The van der Waals surface area contributed by atoms with Crippen LogP contribution >= 0.6 is 0 Å². The topological polar surface area (TPSA) is 92.3 Å². The molecule has 0 aliphatic rings. The Morgan fingerprint density at radius 2 is 1.40 bits per heavy atom. The molecule has 6 heteroatoms. The Hall–Kier alpha value is -0.301. The van der Waals surface area contributed by atoms with Crippen LogP contribution < -0.4 is 15.5 Å². The minimum Gasteiger partial charge on any atom is -0.549 e. The first-order chi connectivity index (χ1) is 4.13. The van der Waals surface area contributed by atoms with Crippen molar-refractivity contribution in [2.75, 3.05) is 13.1 Å². The third-order valence-corrected chi connectivity index (χ3v) is 0.539. The molecule has 5 nitrogen and oxygen atoms in total. The first-order valence-corrected chi connectivity index (χ1v) is 2.23. The summed E-state index contributed by atoms with van der Waals surface area (Å²) in [5.41, 5.74) is 0. The summed E-state index contributed by atoms with van der Waals surface area (Å²) in [5, 5.41) is 21.2. The minimum atomic E-state index is -1.34. The van der Waals surface area contributed by atoms with E-state index in [1.165, 1.54) is 0 Å². The zero-order valence-electron chi connectivity index (χ0n) is 5.05. The van der Waals surface area contributed by atoms with Gasteiger partial charge in [0.2, 0.25) is 0 Å². The molecule has 1 N–H and O–H groups in total. The maximum Gasteiger partial charge on any atom is 2.00 e. The molecule has 0 saturated carbocycles. The molecule has 0 fully saturated rings. The molecule has 0 aliphatic heterocycles. The first kappa shape index (κ1) is 12.4. The van der Waals surface area contributed by atoms with Gasteiger partial charge in [0.15, 0.2) is 0 Å². The van der Waals surface area contributed by atoms with Crippen molar-refractivity contribution in [3.63, 3.8) is 0 Å². The summed E-state index contributed by atoms with van der Waals surface area (Å²) in [5.74, 6) is -2.67. The molecule has 0 amide bonds. The first-order valence-electron chi connectivity index (χ1n) is 2.23. The number of aliphatic carboxylic acids is 2.